The van der Waals surface area contributed by atoms with E-state index in [0.717, 1.165) is 31.5 Å². The third-order valence-electron chi connectivity index (χ3n) is 3.48. The summed E-state index contributed by atoms with van der Waals surface area (Å²) in [7, 11) is 1.83. The molecule has 0 spiro atoms. The summed E-state index contributed by atoms with van der Waals surface area (Å²) >= 11 is 0. The maximum absolute atomic E-state index is 12.0. The molecule has 1 aromatic heterocycles. The van der Waals surface area contributed by atoms with Crippen LogP contribution in [0, 0.1) is 0 Å². The number of aromatic nitrogens is 3. The van der Waals surface area contributed by atoms with Crippen LogP contribution in [0.2, 0.25) is 0 Å². The van der Waals surface area contributed by atoms with Crippen molar-refractivity contribution in [2.45, 2.75) is 44.1 Å². The summed E-state index contributed by atoms with van der Waals surface area (Å²) in [6.45, 7) is 0.543. The third kappa shape index (κ3) is 3.07. The molecule has 1 aromatic rings. The molecule has 18 heavy (non-hydrogen) atoms. The maximum Gasteiger partial charge on any atom is 0.240 e. The summed E-state index contributed by atoms with van der Waals surface area (Å²) in [6, 6.07) is 0. The van der Waals surface area contributed by atoms with Gasteiger partial charge in [-0.25, -0.2) is 4.98 Å². The third-order valence-corrected chi connectivity index (χ3v) is 3.48. The Labute approximate surface area is 107 Å². The molecule has 1 aliphatic rings. The minimum Gasteiger partial charge on any atom is -0.354 e. The Morgan fingerprint density at radius 1 is 1.50 bits per heavy atom. The van der Waals surface area contributed by atoms with Gasteiger partial charge in [0.05, 0.1) is 5.54 Å². The van der Waals surface area contributed by atoms with Crippen LogP contribution in [0.4, 0.5) is 0 Å². The predicted octanol–water partition coefficient (Wildman–Crippen LogP) is 0.135. The van der Waals surface area contributed by atoms with Gasteiger partial charge < -0.3 is 11.1 Å². The van der Waals surface area contributed by atoms with E-state index < -0.39 is 5.54 Å². The summed E-state index contributed by atoms with van der Waals surface area (Å²) in [6.07, 6.45) is 7.16. The van der Waals surface area contributed by atoms with Gasteiger partial charge in [-0.05, 0) is 12.8 Å². The first kappa shape index (κ1) is 13.0. The molecule has 0 aliphatic heterocycles. The van der Waals surface area contributed by atoms with Gasteiger partial charge in [0.25, 0.3) is 0 Å². The lowest BCUT2D eigenvalue weighted by molar-refractivity contribution is -0.127. The highest BCUT2D eigenvalue weighted by atomic mass is 16.2. The van der Waals surface area contributed by atoms with Crippen molar-refractivity contribution < 1.29 is 4.79 Å². The lowest BCUT2D eigenvalue weighted by Crippen LogP contribution is -2.55. The number of nitrogens with zero attached hydrogens (tertiary/aromatic N) is 3. The standard InChI is InChI=1S/C12H21N5O/c1-17-9-15-10(16-17)5-8-14-11(18)12(13)6-3-2-4-7-12/h9H,2-8,13H2,1H3,(H,14,18). The fraction of sp³-hybridized carbons (Fsp3) is 0.750. The molecule has 1 fully saturated rings. The van der Waals surface area contributed by atoms with Crippen LogP contribution in [0.5, 0.6) is 0 Å². The van der Waals surface area contributed by atoms with Crippen molar-refractivity contribution in [2.24, 2.45) is 12.8 Å². The Balaban J connectivity index is 1.77. The number of nitrogens with two attached hydrogens (primary N) is 1. The topological polar surface area (TPSA) is 85.8 Å². The second kappa shape index (κ2) is 5.48. The van der Waals surface area contributed by atoms with Crippen LogP contribution >= 0.6 is 0 Å². The van der Waals surface area contributed by atoms with Gasteiger partial charge in [-0.1, -0.05) is 19.3 Å². The number of aryl methyl sites for hydroxylation is 1. The zero-order valence-corrected chi connectivity index (χ0v) is 10.9. The number of amides is 1. The number of nitrogens with one attached hydrogen (secondary N) is 1. The number of rotatable bonds is 4. The van der Waals surface area contributed by atoms with E-state index in [-0.39, 0.29) is 5.91 Å². The number of hydrogen-bond acceptors (Lipinski definition) is 4. The average molecular weight is 251 g/mol. The van der Waals surface area contributed by atoms with Crippen LogP contribution in [-0.2, 0) is 18.3 Å². The van der Waals surface area contributed by atoms with E-state index in [9.17, 15) is 4.79 Å². The van der Waals surface area contributed by atoms with Gasteiger partial charge in [0, 0.05) is 20.0 Å². The van der Waals surface area contributed by atoms with Gasteiger partial charge in [-0.3, -0.25) is 9.48 Å². The average Bonchev–Trinajstić information content (AvgIpc) is 2.76. The van der Waals surface area contributed by atoms with Crippen molar-refractivity contribution in [3.63, 3.8) is 0 Å². The first-order valence-corrected chi connectivity index (χ1v) is 6.52. The largest absolute Gasteiger partial charge is 0.354 e. The van der Waals surface area contributed by atoms with E-state index in [1.165, 1.54) is 6.42 Å². The second-order valence-electron chi connectivity index (χ2n) is 5.06. The Bertz CT molecular complexity index is 408. The molecule has 0 bridgehead atoms. The highest BCUT2D eigenvalue weighted by Gasteiger charge is 2.34. The van der Waals surface area contributed by atoms with E-state index in [0.29, 0.717) is 13.0 Å². The molecule has 0 unspecified atom stereocenters. The summed E-state index contributed by atoms with van der Waals surface area (Å²) in [5.74, 6) is 0.714. The molecule has 0 atom stereocenters. The van der Waals surface area contributed by atoms with Crippen molar-refractivity contribution in [2.75, 3.05) is 6.54 Å². The van der Waals surface area contributed by atoms with Crippen LogP contribution in [-0.4, -0.2) is 32.8 Å². The van der Waals surface area contributed by atoms with Gasteiger partial charge in [-0.2, -0.15) is 5.10 Å². The lowest BCUT2D eigenvalue weighted by Gasteiger charge is -2.31. The molecular weight excluding hydrogens is 230 g/mol. The van der Waals surface area contributed by atoms with E-state index in [1.807, 2.05) is 7.05 Å². The van der Waals surface area contributed by atoms with Gasteiger partial charge in [-0.15, -0.1) is 0 Å². The Hall–Kier alpha value is -1.43. The summed E-state index contributed by atoms with van der Waals surface area (Å²) < 4.78 is 1.66. The fourth-order valence-corrected chi connectivity index (χ4v) is 2.37. The molecular formula is C12H21N5O. The number of carbonyl (C=O) groups is 1. The molecule has 6 nitrogen and oxygen atoms in total. The van der Waals surface area contributed by atoms with Crippen LogP contribution in [0.3, 0.4) is 0 Å². The number of hydrogen-bond donors (Lipinski definition) is 2. The molecule has 2 rings (SSSR count). The van der Waals surface area contributed by atoms with E-state index in [2.05, 4.69) is 15.4 Å². The first-order chi connectivity index (χ1) is 8.60. The van der Waals surface area contributed by atoms with E-state index in [4.69, 9.17) is 5.73 Å². The highest BCUT2D eigenvalue weighted by Crippen LogP contribution is 2.25. The van der Waals surface area contributed by atoms with Crippen molar-refractivity contribution >= 4 is 5.91 Å². The van der Waals surface area contributed by atoms with Crippen LogP contribution in [0.25, 0.3) is 0 Å². The molecule has 1 saturated carbocycles. The molecule has 1 heterocycles. The van der Waals surface area contributed by atoms with E-state index >= 15 is 0 Å². The molecule has 1 aliphatic carbocycles. The second-order valence-corrected chi connectivity index (χ2v) is 5.06. The first-order valence-electron chi connectivity index (χ1n) is 6.52. The molecule has 0 aromatic carbocycles. The summed E-state index contributed by atoms with van der Waals surface area (Å²) in [5, 5.41) is 7.06. The van der Waals surface area contributed by atoms with E-state index in [1.54, 1.807) is 11.0 Å². The van der Waals surface area contributed by atoms with Gasteiger partial charge >= 0.3 is 0 Å². The maximum atomic E-state index is 12.0. The zero-order valence-electron chi connectivity index (χ0n) is 10.9. The Morgan fingerprint density at radius 3 is 2.83 bits per heavy atom. The molecule has 1 amide bonds. The van der Waals surface area contributed by atoms with Crippen molar-refractivity contribution in [1.29, 1.82) is 0 Å². The smallest absolute Gasteiger partial charge is 0.240 e. The van der Waals surface area contributed by atoms with Crippen molar-refractivity contribution in [3.05, 3.63) is 12.2 Å². The fourth-order valence-electron chi connectivity index (χ4n) is 2.37. The van der Waals surface area contributed by atoms with Crippen LogP contribution in [0.1, 0.15) is 37.9 Å². The Morgan fingerprint density at radius 2 is 2.22 bits per heavy atom. The quantitative estimate of drug-likeness (QED) is 0.796. The van der Waals surface area contributed by atoms with Crippen molar-refractivity contribution in [3.8, 4) is 0 Å². The molecule has 6 heteroatoms. The SMILES string of the molecule is Cn1cnc(CCNC(=O)C2(N)CCCCC2)n1. The van der Waals surface area contributed by atoms with Crippen LogP contribution in [0.15, 0.2) is 6.33 Å². The predicted molar refractivity (Wildman–Crippen MR) is 67.7 cm³/mol. The summed E-state index contributed by atoms with van der Waals surface area (Å²) in [5.41, 5.74) is 5.48. The molecule has 0 saturated heterocycles. The molecule has 0 radical (unpaired) electrons. The zero-order chi connectivity index (χ0) is 13.0. The van der Waals surface area contributed by atoms with Gasteiger partial charge in [0.1, 0.15) is 6.33 Å². The normalized spacial score (nSPS) is 18.6. The number of carbonyl (C=O) groups excluding carboxylic acids is 1. The molecule has 100 valence electrons. The van der Waals surface area contributed by atoms with Gasteiger partial charge in [0.2, 0.25) is 5.91 Å². The monoisotopic (exact) mass is 251 g/mol. The van der Waals surface area contributed by atoms with Crippen LogP contribution < -0.4 is 11.1 Å². The van der Waals surface area contributed by atoms with Gasteiger partial charge in [0.15, 0.2) is 5.82 Å². The van der Waals surface area contributed by atoms with Crippen molar-refractivity contribution in [1.82, 2.24) is 20.1 Å². The minimum absolute atomic E-state index is 0.0295. The lowest BCUT2D eigenvalue weighted by atomic mass is 9.82. The Kier molecular flexibility index (Phi) is 3.96. The summed E-state index contributed by atoms with van der Waals surface area (Å²) in [4.78, 5) is 16.1. The molecule has 3 N–H and O–H groups in total. The minimum atomic E-state index is -0.657. The highest BCUT2D eigenvalue weighted by molar-refractivity contribution is 5.86.